The van der Waals surface area contributed by atoms with E-state index in [2.05, 4.69) is 5.32 Å². The average molecular weight is 239 g/mol. The van der Waals surface area contributed by atoms with Crippen molar-refractivity contribution in [3.05, 3.63) is 12.2 Å². The third-order valence-electron chi connectivity index (χ3n) is 2.67. The van der Waals surface area contributed by atoms with Crippen molar-refractivity contribution < 1.29 is 14.3 Å². The van der Waals surface area contributed by atoms with Crippen molar-refractivity contribution in [1.82, 2.24) is 5.32 Å². The molecule has 1 rings (SSSR count). The highest BCUT2D eigenvalue weighted by Gasteiger charge is 2.14. The van der Waals surface area contributed by atoms with Crippen LogP contribution in [0.4, 0.5) is 0 Å². The van der Waals surface area contributed by atoms with Crippen LogP contribution in [0.5, 0.6) is 0 Å². The Balaban J connectivity index is 2.28. The molecule has 0 atom stereocenters. The molecule has 4 heteroatoms. The van der Waals surface area contributed by atoms with E-state index in [1.807, 2.05) is 0 Å². The first-order valence-corrected chi connectivity index (χ1v) is 6.27. The lowest BCUT2D eigenvalue weighted by atomic mass is 9.95. The third-order valence-corrected chi connectivity index (χ3v) is 2.67. The molecule has 0 aromatic rings. The van der Waals surface area contributed by atoms with Crippen molar-refractivity contribution in [3.63, 3.8) is 0 Å². The molecule has 0 saturated heterocycles. The minimum Gasteiger partial charge on any atom is -0.460 e. The number of carbonyl (C=O) groups is 2. The molecule has 1 fully saturated rings. The van der Waals surface area contributed by atoms with E-state index in [9.17, 15) is 9.59 Å². The number of esters is 1. The second-order valence-corrected chi connectivity index (χ2v) is 4.66. The first kappa shape index (κ1) is 13.7. The van der Waals surface area contributed by atoms with E-state index < -0.39 is 5.97 Å². The highest BCUT2D eigenvalue weighted by Crippen LogP contribution is 2.17. The van der Waals surface area contributed by atoms with E-state index in [-0.39, 0.29) is 18.1 Å². The zero-order valence-corrected chi connectivity index (χ0v) is 10.6. The number of hydrogen-bond donors (Lipinski definition) is 1. The van der Waals surface area contributed by atoms with E-state index in [1.54, 1.807) is 13.8 Å². The van der Waals surface area contributed by atoms with E-state index >= 15 is 0 Å². The fourth-order valence-electron chi connectivity index (χ4n) is 1.91. The summed E-state index contributed by atoms with van der Waals surface area (Å²) in [5, 5.41) is 2.89. The van der Waals surface area contributed by atoms with Gasteiger partial charge in [0.15, 0.2) is 0 Å². The number of amides is 1. The summed E-state index contributed by atoms with van der Waals surface area (Å²) in [6, 6.07) is 0.266. The van der Waals surface area contributed by atoms with Crippen LogP contribution < -0.4 is 5.32 Å². The summed E-state index contributed by atoms with van der Waals surface area (Å²) < 4.78 is 4.88. The summed E-state index contributed by atoms with van der Waals surface area (Å²) in [6.45, 7) is 3.54. The lowest BCUT2D eigenvalue weighted by Crippen LogP contribution is -2.35. The van der Waals surface area contributed by atoms with Gasteiger partial charge in [-0.3, -0.25) is 4.79 Å². The predicted octanol–water partition coefficient (Wildman–Crippen LogP) is 1.94. The number of rotatable bonds is 4. The summed E-state index contributed by atoms with van der Waals surface area (Å²) >= 11 is 0. The topological polar surface area (TPSA) is 55.4 Å². The monoisotopic (exact) mass is 239 g/mol. The van der Waals surface area contributed by atoms with Gasteiger partial charge in [-0.2, -0.15) is 0 Å². The summed E-state index contributed by atoms with van der Waals surface area (Å²) in [7, 11) is 0. The Morgan fingerprint density at radius 1 is 1.18 bits per heavy atom. The molecule has 0 aliphatic heterocycles. The van der Waals surface area contributed by atoms with Crippen molar-refractivity contribution in [1.29, 1.82) is 0 Å². The van der Waals surface area contributed by atoms with Gasteiger partial charge in [0, 0.05) is 18.2 Å². The maximum absolute atomic E-state index is 11.5. The fourth-order valence-corrected chi connectivity index (χ4v) is 1.91. The van der Waals surface area contributed by atoms with Gasteiger partial charge in [-0.25, -0.2) is 4.79 Å². The van der Waals surface area contributed by atoms with Gasteiger partial charge in [0.2, 0.25) is 5.91 Å². The largest absolute Gasteiger partial charge is 0.460 e. The maximum Gasteiger partial charge on any atom is 0.331 e. The van der Waals surface area contributed by atoms with E-state index in [0.717, 1.165) is 12.8 Å². The van der Waals surface area contributed by atoms with Crippen molar-refractivity contribution >= 4 is 11.9 Å². The maximum atomic E-state index is 11.5. The standard InChI is InChI=1S/C13H21NO3/c1-10(2)17-13(16)9-8-12(15)14-11-6-4-3-5-7-11/h8-11H,3-7H2,1-2H3,(H,14,15)/b9-8-. The smallest absolute Gasteiger partial charge is 0.331 e. The van der Waals surface area contributed by atoms with E-state index in [1.165, 1.54) is 31.4 Å². The van der Waals surface area contributed by atoms with Crippen LogP contribution in [0, 0.1) is 0 Å². The third kappa shape index (κ3) is 6.09. The van der Waals surface area contributed by atoms with Gasteiger partial charge in [0.1, 0.15) is 0 Å². The molecule has 1 saturated carbocycles. The molecule has 0 radical (unpaired) electrons. The molecule has 0 bridgehead atoms. The molecule has 17 heavy (non-hydrogen) atoms. The Labute approximate surface area is 102 Å². The molecule has 0 heterocycles. The first-order chi connectivity index (χ1) is 8.08. The van der Waals surface area contributed by atoms with Crippen LogP contribution >= 0.6 is 0 Å². The van der Waals surface area contributed by atoms with Crippen LogP contribution in [-0.2, 0) is 14.3 Å². The highest BCUT2D eigenvalue weighted by atomic mass is 16.5. The zero-order valence-electron chi connectivity index (χ0n) is 10.6. The van der Waals surface area contributed by atoms with Gasteiger partial charge in [-0.05, 0) is 26.7 Å². The molecule has 0 aromatic heterocycles. The molecule has 0 unspecified atom stereocenters. The lowest BCUT2D eigenvalue weighted by molar-refractivity contribution is -0.141. The van der Waals surface area contributed by atoms with Crippen LogP contribution in [0.3, 0.4) is 0 Å². The normalized spacial score (nSPS) is 17.4. The van der Waals surface area contributed by atoms with Crippen LogP contribution in [0.2, 0.25) is 0 Å². The quantitative estimate of drug-likeness (QED) is 0.602. The Hall–Kier alpha value is -1.32. The minimum atomic E-state index is -0.473. The van der Waals surface area contributed by atoms with Crippen LogP contribution in [0.1, 0.15) is 46.0 Å². The Bertz CT molecular complexity index is 291. The summed E-state index contributed by atoms with van der Waals surface area (Å²) in [5.41, 5.74) is 0. The predicted molar refractivity (Wildman–Crippen MR) is 65.4 cm³/mol. The second kappa shape index (κ2) is 7.09. The molecular weight excluding hydrogens is 218 g/mol. The van der Waals surface area contributed by atoms with Gasteiger partial charge in [0.25, 0.3) is 0 Å². The number of carbonyl (C=O) groups excluding carboxylic acids is 2. The van der Waals surface area contributed by atoms with Gasteiger partial charge in [0.05, 0.1) is 6.10 Å². The minimum absolute atomic E-state index is 0.159. The molecule has 1 N–H and O–H groups in total. The van der Waals surface area contributed by atoms with Crippen LogP contribution in [0.25, 0.3) is 0 Å². The SMILES string of the molecule is CC(C)OC(=O)/C=C\C(=O)NC1CCCCC1. The zero-order chi connectivity index (χ0) is 12.7. The number of ether oxygens (including phenoxy) is 1. The highest BCUT2D eigenvalue weighted by molar-refractivity contribution is 5.94. The van der Waals surface area contributed by atoms with Crippen molar-refractivity contribution in [2.24, 2.45) is 0 Å². The molecule has 96 valence electrons. The van der Waals surface area contributed by atoms with Gasteiger partial charge in [-0.15, -0.1) is 0 Å². The molecular formula is C13H21NO3. The van der Waals surface area contributed by atoms with Crippen LogP contribution in [0.15, 0.2) is 12.2 Å². The molecule has 1 aliphatic carbocycles. The summed E-state index contributed by atoms with van der Waals surface area (Å²) in [6.07, 6.45) is 7.94. The summed E-state index contributed by atoms with van der Waals surface area (Å²) in [5.74, 6) is -0.684. The Kier molecular flexibility index (Phi) is 5.73. The number of nitrogens with one attached hydrogen (secondary N) is 1. The van der Waals surface area contributed by atoms with Gasteiger partial charge < -0.3 is 10.1 Å². The van der Waals surface area contributed by atoms with Gasteiger partial charge in [-0.1, -0.05) is 19.3 Å². The molecule has 4 nitrogen and oxygen atoms in total. The molecule has 0 spiro atoms. The molecule has 1 aliphatic rings. The average Bonchev–Trinajstić information content (AvgIpc) is 2.27. The van der Waals surface area contributed by atoms with Crippen molar-refractivity contribution in [2.45, 2.75) is 58.1 Å². The first-order valence-electron chi connectivity index (χ1n) is 6.27. The Morgan fingerprint density at radius 2 is 1.82 bits per heavy atom. The van der Waals surface area contributed by atoms with Gasteiger partial charge >= 0.3 is 5.97 Å². The molecule has 1 amide bonds. The molecule has 0 aromatic carbocycles. The van der Waals surface area contributed by atoms with Crippen LogP contribution in [-0.4, -0.2) is 24.0 Å². The summed E-state index contributed by atoms with van der Waals surface area (Å²) in [4.78, 5) is 22.7. The second-order valence-electron chi connectivity index (χ2n) is 4.66. The van der Waals surface area contributed by atoms with E-state index in [0.29, 0.717) is 0 Å². The fraction of sp³-hybridized carbons (Fsp3) is 0.692. The Morgan fingerprint density at radius 3 is 2.41 bits per heavy atom. The van der Waals surface area contributed by atoms with Crippen molar-refractivity contribution in [3.8, 4) is 0 Å². The van der Waals surface area contributed by atoms with Crippen molar-refractivity contribution in [2.75, 3.05) is 0 Å². The van der Waals surface area contributed by atoms with E-state index in [4.69, 9.17) is 4.74 Å². The lowest BCUT2D eigenvalue weighted by Gasteiger charge is -2.21. The number of hydrogen-bond acceptors (Lipinski definition) is 3.